The quantitative estimate of drug-likeness (QED) is 0.0208. The van der Waals surface area contributed by atoms with Gasteiger partial charge < -0.3 is 24.9 Å². The summed E-state index contributed by atoms with van der Waals surface area (Å²) >= 11 is 0. The molecule has 4 unspecified atom stereocenters. The molecule has 0 spiro atoms. The van der Waals surface area contributed by atoms with E-state index in [9.17, 15) is 24.5 Å². The number of rotatable bonds is 45. The Morgan fingerprint density at radius 1 is 0.576 bits per heavy atom. The Morgan fingerprint density at radius 2 is 0.966 bits per heavy atom. The van der Waals surface area contributed by atoms with Crippen LogP contribution in [0.5, 0.6) is 0 Å². The zero-order valence-electron chi connectivity index (χ0n) is 39.4. The minimum absolute atomic E-state index is 0.0157. The standard InChI is InChI=1S/C49H97N2O7P/c1-6-8-10-12-14-16-18-20-21-22-23-24-25-26-27-28-29-30-32-34-36-38-40-42-48(53)50-46(45-58-59(55,56)57-44-43-51(3,4)5)49(54)47(52)41-39-37-35-33-31-19-17-15-13-11-9-7-2/h15,17,33,35,46-47,49,52,54H,6-14,16,18-32,34,36-45H2,1-5H3,(H-,50,53,55,56)/p+1/b17-15+,35-33+. The van der Waals surface area contributed by atoms with Crippen molar-refractivity contribution in [2.75, 3.05) is 40.9 Å². The number of hydrogen-bond donors (Lipinski definition) is 4. The number of amides is 1. The molecule has 0 aliphatic heterocycles. The third-order valence-electron chi connectivity index (χ3n) is 11.3. The summed E-state index contributed by atoms with van der Waals surface area (Å²) in [4.78, 5) is 23.2. The number of likely N-dealkylation sites (N-methyl/N-ethyl adjacent to an activating group) is 1. The second-order valence-electron chi connectivity index (χ2n) is 18.3. The average molecular weight is 858 g/mol. The van der Waals surface area contributed by atoms with E-state index in [-0.39, 0.29) is 18.9 Å². The lowest BCUT2D eigenvalue weighted by molar-refractivity contribution is -0.870. The van der Waals surface area contributed by atoms with Gasteiger partial charge in [0.2, 0.25) is 5.91 Å². The van der Waals surface area contributed by atoms with Crippen LogP contribution in [0.1, 0.15) is 226 Å². The van der Waals surface area contributed by atoms with E-state index >= 15 is 0 Å². The molecule has 0 aromatic heterocycles. The molecule has 0 heterocycles. The second kappa shape index (κ2) is 41.0. The van der Waals surface area contributed by atoms with Crippen molar-refractivity contribution in [2.45, 2.75) is 244 Å². The number of phosphoric acid groups is 1. The molecule has 4 N–H and O–H groups in total. The van der Waals surface area contributed by atoms with Gasteiger partial charge in [-0.15, -0.1) is 0 Å². The van der Waals surface area contributed by atoms with Crippen LogP contribution in [0.3, 0.4) is 0 Å². The topological polar surface area (TPSA) is 125 Å². The van der Waals surface area contributed by atoms with Gasteiger partial charge in [-0.05, 0) is 51.4 Å². The molecule has 59 heavy (non-hydrogen) atoms. The molecule has 0 aromatic carbocycles. The van der Waals surface area contributed by atoms with E-state index in [2.05, 4.69) is 43.5 Å². The maximum atomic E-state index is 12.9. The van der Waals surface area contributed by atoms with Gasteiger partial charge in [0, 0.05) is 6.42 Å². The number of allylic oxidation sites excluding steroid dienone is 4. The molecule has 0 aliphatic carbocycles. The van der Waals surface area contributed by atoms with E-state index in [1.54, 1.807) is 0 Å². The molecule has 0 aliphatic rings. The molecule has 0 fully saturated rings. The van der Waals surface area contributed by atoms with Gasteiger partial charge in [0.15, 0.2) is 0 Å². The number of aliphatic hydroxyl groups excluding tert-OH is 2. The van der Waals surface area contributed by atoms with Gasteiger partial charge in [-0.25, -0.2) is 4.57 Å². The lowest BCUT2D eigenvalue weighted by Gasteiger charge is -2.28. The maximum absolute atomic E-state index is 12.9. The highest BCUT2D eigenvalue weighted by Gasteiger charge is 2.31. The summed E-state index contributed by atoms with van der Waals surface area (Å²) in [7, 11) is 1.42. The van der Waals surface area contributed by atoms with Crippen molar-refractivity contribution in [3.8, 4) is 0 Å². The normalized spacial score (nSPS) is 14.9. The van der Waals surface area contributed by atoms with Crippen LogP contribution in [0.4, 0.5) is 0 Å². The Kier molecular flexibility index (Phi) is 40.2. The van der Waals surface area contributed by atoms with E-state index in [1.165, 1.54) is 148 Å². The largest absolute Gasteiger partial charge is 0.472 e. The first-order valence-corrected chi connectivity index (χ1v) is 26.3. The summed E-state index contributed by atoms with van der Waals surface area (Å²) < 4.78 is 23.5. The number of carbonyl (C=O) groups excluding carboxylic acids is 1. The van der Waals surface area contributed by atoms with Crippen LogP contribution in [0, 0.1) is 0 Å². The number of phosphoric ester groups is 1. The van der Waals surface area contributed by atoms with Crippen LogP contribution in [0.15, 0.2) is 24.3 Å². The zero-order valence-corrected chi connectivity index (χ0v) is 40.3. The Balaban J connectivity index is 4.32. The number of hydrogen-bond acceptors (Lipinski definition) is 6. The Bertz CT molecular complexity index is 1030. The van der Waals surface area contributed by atoms with Crippen molar-refractivity contribution in [3.63, 3.8) is 0 Å². The Labute approximate surface area is 365 Å². The predicted octanol–water partition coefficient (Wildman–Crippen LogP) is 13.1. The minimum Gasteiger partial charge on any atom is -0.390 e. The maximum Gasteiger partial charge on any atom is 0.472 e. The van der Waals surface area contributed by atoms with Crippen LogP contribution in [-0.4, -0.2) is 84.6 Å². The highest BCUT2D eigenvalue weighted by atomic mass is 31.2. The molecule has 9 nitrogen and oxygen atoms in total. The summed E-state index contributed by atoms with van der Waals surface area (Å²) in [6.45, 7) is 4.56. The number of nitrogens with one attached hydrogen (secondary N) is 1. The fourth-order valence-electron chi connectivity index (χ4n) is 7.28. The van der Waals surface area contributed by atoms with Crippen LogP contribution in [-0.2, 0) is 18.4 Å². The van der Waals surface area contributed by atoms with Gasteiger partial charge in [0.05, 0.1) is 39.9 Å². The summed E-state index contributed by atoms with van der Waals surface area (Å²) in [6.07, 6.45) is 45.4. The van der Waals surface area contributed by atoms with Gasteiger partial charge in [-0.1, -0.05) is 192 Å². The van der Waals surface area contributed by atoms with Gasteiger partial charge in [0.25, 0.3) is 0 Å². The second-order valence-corrected chi connectivity index (χ2v) is 19.8. The number of aliphatic hydroxyl groups is 2. The molecule has 10 heteroatoms. The molecule has 0 saturated heterocycles. The lowest BCUT2D eigenvalue weighted by Crippen LogP contribution is -2.51. The summed E-state index contributed by atoms with van der Waals surface area (Å²) in [5.41, 5.74) is 0. The monoisotopic (exact) mass is 858 g/mol. The molecule has 0 rings (SSSR count). The van der Waals surface area contributed by atoms with E-state index < -0.39 is 32.7 Å². The van der Waals surface area contributed by atoms with Crippen LogP contribution >= 0.6 is 7.82 Å². The van der Waals surface area contributed by atoms with Gasteiger partial charge in [-0.3, -0.25) is 13.8 Å². The molecule has 4 atom stereocenters. The third kappa shape index (κ3) is 42.0. The van der Waals surface area contributed by atoms with Gasteiger partial charge >= 0.3 is 7.82 Å². The highest BCUT2D eigenvalue weighted by Crippen LogP contribution is 2.43. The molecular formula is C49H98N2O7P+. The molecule has 350 valence electrons. The molecule has 0 bridgehead atoms. The summed E-state index contributed by atoms with van der Waals surface area (Å²) in [5.74, 6) is -0.269. The first-order valence-electron chi connectivity index (χ1n) is 24.8. The average Bonchev–Trinajstić information content (AvgIpc) is 3.19. The molecule has 0 radical (unpaired) electrons. The number of nitrogens with zero attached hydrogens (tertiary/aromatic N) is 1. The van der Waals surface area contributed by atoms with E-state index in [4.69, 9.17) is 9.05 Å². The molecule has 0 saturated carbocycles. The fourth-order valence-corrected chi connectivity index (χ4v) is 8.01. The zero-order chi connectivity index (χ0) is 43.7. The first-order chi connectivity index (χ1) is 28.4. The van der Waals surface area contributed by atoms with E-state index in [0.29, 0.717) is 23.9 Å². The molecule has 0 aromatic rings. The fraction of sp³-hybridized carbons (Fsp3) is 0.898. The van der Waals surface area contributed by atoms with Crippen molar-refractivity contribution >= 4 is 13.7 Å². The van der Waals surface area contributed by atoms with Crippen molar-refractivity contribution in [1.29, 1.82) is 0 Å². The van der Waals surface area contributed by atoms with Crippen molar-refractivity contribution in [1.82, 2.24) is 5.32 Å². The smallest absolute Gasteiger partial charge is 0.390 e. The van der Waals surface area contributed by atoms with E-state index in [0.717, 1.165) is 44.9 Å². The number of quaternary nitrogens is 1. The molecular weight excluding hydrogens is 760 g/mol. The predicted molar refractivity (Wildman–Crippen MR) is 251 cm³/mol. The van der Waals surface area contributed by atoms with Crippen LogP contribution in [0.2, 0.25) is 0 Å². The van der Waals surface area contributed by atoms with Crippen molar-refractivity contribution in [3.05, 3.63) is 24.3 Å². The van der Waals surface area contributed by atoms with Gasteiger partial charge in [-0.2, -0.15) is 0 Å². The van der Waals surface area contributed by atoms with Crippen LogP contribution in [0.25, 0.3) is 0 Å². The van der Waals surface area contributed by atoms with Crippen molar-refractivity contribution in [2.24, 2.45) is 0 Å². The SMILES string of the molecule is CCCCC/C=C/CC/C=C/CCCC(O)C(O)C(COP(=O)(O)OCC[N+](C)(C)C)NC(=O)CCCCCCCCCCCCCCCCCCCCCCCCC. The van der Waals surface area contributed by atoms with Crippen molar-refractivity contribution < 1.29 is 38.0 Å². The number of unbranched alkanes of at least 4 members (excludes halogenated alkanes) is 27. The summed E-state index contributed by atoms with van der Waals surface area (Å²) in [6, 6.07) is -1.05. The number of carbonyl (C=O) groups is 1. The molecule has 1 amide bonds. The Morgan fingerprint density at radius 3 is 1.41 bits per heavy atom. The van der Waals surface area contributed by atoms with Crippen LogP contribution < -0.4 is 5.32 Å². The third-order valence-corrected chi connectivity index (χ3v) is 12.3. The van der Waals surface area contributed by atoms with Gasteiger partial charge in [0.1, 0.15) is 19.3 Å². The highest BCUT2D eigenvalue weighted by molar-refractivity contribution is 7.47. The summed E-state index contributed by atoms with van der Waals surface area (Å²) in [5, 5.41) is 24.7. The van der Waals surface area contributed by atoms with E-state index in [1.807, 2.05) is 21.1 Å². The minimum atomic E-state index is -4.42. The lowest BCUT2D eigenvalue weighted by atomic mass is 10.0. The first kappa shape index (κ1) is 57.9. The Hall–Kier alpha value is -1.06.